The van der Waals surface area contributed by atoms with Gasteiger partial charge >= 0.3 is 0 Å². The predicted octanol–water partition coefficient (Wildman–Crippen LogP) is 4.39. The van der Waals surface area contributed by atoms with Crippen molar-refractivity contribution in [1.29, 1.82) is 0 Å². The van der Waals surface area contributed by atoms with Gasteiger partial charge in [0.25, 0.3) is 5.91 Å². The summed E-state index contributed by atoms with van der Waals surface area (Å²) in [6.45, 7) is 2.11. The Morgan fingerprint density at radius 1 is 1.18 bits per heavy atom. The van der Waals surface area contributed by atoms with E-state index in [1.807, 2.05) is 43.3 Å². The van der Waals surface area contributed by atoms with E-state index >= 15 is 0 Å². The van der Waals surface area contributed by atoms with Gasteiger partial charge in [0.1, 0.15) is 11.6 Å². The number of anilines is 1. The van der Waals surface area contributed by atoms with Crippen LogP contribution in [0.5, 0.6) is 0 Å². The summed E-state index contributed by atoms with van der Waals surface area (Å²) in [5.74, 6) is 0.180. The minimum Gasteiger partial charge on any atom is -0.365 e. The van der Waals surface area contributed by atoms with Gasteiger partial charge in [0, 0.05) is 40.7 Å². The second kappa shape index (κ2) is 8.60. The van der Waals surface area contributed by atoms with Gasteiger partial charge < -0.3 is 11.1 Å². The molecule has 5 aromatic rings. The average molecular weight is 476 g/mol. The van der Waals surface area contributed by atoms with Gasteiger partial charge in [-0.25, -0.2) is 18.6 Å². The number of carbonyl (C=O) groups is 1. The molecule has 5 rings (SSSR count). The second-order valence-electron chi connectivity index (χ2n) is 7.72. The molecule has 0 bridgehead atoms. The average Bonchev–Trinajstić information content (AvgIpc) is 3.42. The van der Waals surface area contributed by atoms with Crippen LogP contribution in [0.25, 0.3) is 22.6 Å². The molecule has 34 heavy (non-hydrogen) atoms. The first-order valence-electron chi connectivity index (χ1n) is 10.4. The molecule has 8 nitrogen and oxygen atoms in total. The van der Waals surface area contributed by atoms with E-state index in [1.54, 1.807) is 27.5 Å². The molecule has 4 heterocycles. The van der Waals surface area contributed by atoms with Crippen molar-refractivity contribution in [3.05, 3.63) is 94.7 Å². The van der Waals surface area contributed by atoms with Gasteiger partial charge in [-0.3, -0.25) is 4.79 Å². The zero-order chi connectivity index (χ0) is 23.8. The Bertz CT molecular complexity index is 1540. The number of fused-ring (bicyclic) bond motifs is 1. The summed E-state index contributed by atoms with van der Waals surface area (Å²) < 4.78 is 17.5. The Labute approximate surface area is 198 Å². The van der Waals surface area contributed by atoms with Gasteiger partial charge in [0.15, 0.2) is 5.82 Å². The van der Waals surface area contributed by atoms with Gasteiger partial charge in [-0.2, -0.15) is 5.10 Å². The third kappa shape index (κ3) is 4.08. The van der Waals surface area contributed by atoms with Crippen LogP contribution in [-0.2, 0) is 6.54 Å². The van der Waals surface area contributed by atoms with Crippen LogP contribution in [0.4, 0.5) is 10.2 Å². The smallest absolute Gasteiger partial charge is 0.252 e. The standard InChI is InChI=1S/C24H19ClFN7O/c1-14-3-2-4-23(30-14)33-20(15-7-8-32-21(9-15)18(13-29-32)24(27)34)11-22(31-33)28-12-16-5-6-17(25)10-19(16)26/h2-11,13H,12H2,1H3,(H2,27,34)(H,28,31). The predicted molar refractivity (Wildman–Crippen MR) is 128 cm³/mol. The lowest BCUT2D eigenvalue weighted by Gasteiger charge is -2.08. The molecule has 0 aliphatic heterocycles. The highest BCUT2D eigenvalue weighted by Gasteiger charge is 2.16. The number of aryl methyl sites for hydroxylation is 1. The zero-order valence-corrected chi connectivity index (χ0v) is 18.8. The van der Waals surface area contributed by atoms with Crippen LogP contribution < -0.4 is 11.1 Å². The Morgan fingerprint density at radius 3 is 2.79 bits per heavy atom. The summed E-state index contributed by atoms with van der Waals surface area (Å²) in [7, 11) is 0. The zero-order valence-electron chi connectivity index (χ0n) is 18.0. The third-order valence-electron chi connectivity index (χ3n) is 5.36. The number of halogens is 2. The Balaban J connectivity index is 1.58. The first-order valence-corrected chi connectivity index (χ1v) is 10.8. The molecule has 4 aromatic heterocycles. The minimum atomic E-state index is -0.562. The summed E-state index contributed by atoms with van der Waals surface area (Å²) in [4.78, 5) is 16.4. The summed E-state index contributed by atoms with van der Waals surface area (Å²) >= 11 is 5.85. The largest absolute Gasteiger partial charge is 0.365 e. The van der Waals surface area contributed by atoms with Crippen molar-refractivity contribution in [2.45, 2.75) is 13.5 Å². The number of hydrogen-bond donors (Lipinski definition) is 2. The Hall–Kier alpha value is -4.24. The van der Waals surface area contributed by atoms with Gasteiger partial charge in [-0.1, -0.05) is 23.7 Å². The number of nitrogens with two attached hydrogens (primary N) is 1. The van der Waals surface area contributed by atoms with E-state index in [1.165, 1.54) is 12.3 Å². The fourth-order valence-electron chi connectivity index (χ4n) is 3.68. The van der Waals surface area contributed by atoms with E-state index in [9.17, 15) is 9.18 Å². The van der Waals surface area contributed by atoms with Crippen molar-refractivity contribution in [2.75, 3.05) is 5.32 Å². The summed E-state index contributed by atoms with van der Waals surface area (Å²) in [6.07, 6.45) is 3.18. The van der Waals surface area contributed by atoms with Crippen molar-refractivity contribution >= 4 is 28.8 Å². The maximum absolute atomic E-state index is 14.2. The number of primary amides is 1. The third-order valence-corrected chi connectivity index (χ3v) is 5.59. The van der Waals surface area contributed by atoms with Crippen molar-refractivity contribution < 1.29 is 9.18 Å². The van der Waals surface area contributed by atoms with Crippen molar-refractivity contribution in [2.24, 2.45) is 5.73 Å². The molecule has 0 saturated heterocycles. The Morgan fingerprint density at radius 2 is 2.03 bits per heavy atom. The van der Waals surface area contributed by atoms with Gasteiger partial charge in [0.05, 0.1) is 23.0 Å². The van der Waals surface area contributed by atoms with Crippen molar-refractivity contribution in [3.63, 3.8) is 0 Å². The number of pyridine rings is 2. The molecule has 0 fully saturated rings. The van der Waals surface area contributed by atoms with E-state index in [0.717, 1.165) is 17.0 Å². The first-order chi connectivity index (χ1) is 16.4. The lowest BCUT2D eigenvalue weighted by molar-refractivity contribution is 0.100. The SMILES string of the molecule is Cc1cccc(-n2nc(NCc3ccc(Cl)cc3F)cc2-c2ccn3ncc(C(N)=O)c3c2)n1. The number of hydrogen-bond acceptors (Lipinski definition) is 5. The molecular formula is C24H19ClFN7O. The topological polar surface area (TPSA) is 103 Å². The highest BCUT2D eigenvalue weighted by molar-refractivity contribution is 6.30. The lowest BCUT2D eigenvalue weighted by atomic mass is 10.1. The number of benzene rings is 1. The lowest BCUT2D eigenvalue weighted by Crippen LogP contribution is -2.10. The van der Waals surface area contributed by atoms with Crippen LogP contribution in [0.1, 0.15) is 21.6 Å². The fraction of sp³-hybridized carbons (Fsp3) is 0.0833. The molecule has 0 aliphatic carbocycles. The van der Waals surface area contributed by atoms with Crippen LogP contribution in [0.3, 0.4) is 0 Å². The Kier molecular flexibility index (Phi) is 5.46. The number of nitrogens with one attached hydrogen (secondary N) is 1. The highest BCUT2D eigenvalue weighted by atomic mass is 35.5. The number of rotatable bonds is 6. The molecule has 0 radical (unpaired) electrons. The molecule has 170 valence electrons. The van der Waals surface area contributed by atoms with Crippen LogP contribution in [-0.4, -0.2) is 30.3 Å². The monoisotopic (exact) mass is 475 g/mol. The van der Waals surface area contributed by atoms with Gasteiger partial charge in [-0.15, -0.1) is 5.10 Å². The van der Waals surface area contributed by atoms with Gasteiger partial charge in [-0.05, 0) is 43.3 Å². The van der Waals surface area contributed by atoms with E-state index < -0.39 is 11.7 Å². The normalized spacial score (nSPS) is 11.1. The van der Waals surface area contributed by atoms with Crippen LogP contribution >= 0.6 is 11.6 Å². The summed E-state index contributed by atoms with van der Waals surface area (Å²) in [6, 6.07) is 15.7. The number of nitrogens with zero attached hydrogens (tertiary/aromatic N) is 5. The van der Waals surface area contributed by atoms with E-state index in [4.69, 9.17) is 17.3 Å². The summed E-state index contributed by atoms with van der Waals surface area (Å²) in [5.41, 5.74) is 9.18. The fourth-order valence-corrected chi connectivity index (χ4v) is 3.83. The molecule has 0 spiro atoms. The quantitative estimate of drug-likeness (QED) is 0.379. The van der Waals surface area contributed by atoms with E-state index in [0.29, 0.717) is 33.3 Å². The molecule has 0 atom stereocenters. The second-order valence-corrected chi connectivity index (χ2v) is 8.16. The maximum atomic E-state index is 14.2. The van der Waals surface area contributed by atoms with E-state index in [2.05, 4.69) is 20.5 Å². The first kappa shape index (κ1) is 21.6. The molecular weight excluding hydrogens is 457 g/mol. The molecule has 10 heteroatoms. The van der Waals surface area contributed by atoms with Crippen LogP contribution in [0.2, 0.25) is 5.02 Å². The van der Waals surface area contributed by atoms with Crippen molar-refractivity contribution in [1.82, 2.24) is 24.4 Å². The maximum Gasteiger partial charge on any atom is 0.252 e. The highest BCUT2D eigenvalue weighted by Crippen LogP contribution is 2.28. The summed E-state index contributed by atoms with van der Waals surface area (Å²) in [5, 5.41) is 12.3. The molecule has 0 saturated carbocycles. The number of amides is 1. The van der Waals surface area contributed by atoms with Crippen LogP contribution in [0, 0.1) is 12.7 Å². The molecule has 0 unspecified atom stereocenters. The van der Waals surface area contributed by atoms with Crippen LogP contribution in [0.15, 0.2) is 67.0 Å². The molecule has 1 amide bonds. The van der Waals surface area contributed by atoms with Crippen molar-refractivity contribution in [3.8, 4) is 17.1 Å². The van der Waals surface area contributed by atoms with E-state index in [-0.39, 0.29) is 6.54 Å². The minimum absolute atomic E-state index is 0.216. The number of carbonyl (C=O) groups excluding carboxylic acids is 1. The molecule has 0 aliphatic rings. The molecule has 1 aromatic carbocycles. The number of aromatic nitrogens is 5. The molecule has 3 N–H and O–H groups in total. The van der Waals surface area contributed by atoms with Gasteiger partial charge in [0.2, 0.25) is 0 Å².